The van der Waals surface area contributed by atoms with Gasteiger partial charge < -0.3 is 15.2 Å². The van der Waals surface area contributed by atoms with Crippen molar-refractivity contribution >= 4 is 15.9 Å². The van der Waals surface area contributed by atoms with Crippen LogP contribution < -0.4 is 15.2 Å². The first-order chi connectivity index (χ1) is 12.9. The largest absolute Gasteiger partial charge is 0.497 e. The molecule has 3 rings (SSSR count). The second-order valence-corrected chi connectivity index (χ2v) is 8.22. The van der Waals surface area contributed by atoms with Gasteiger partial charge in [-0.2, -0.15) is 4.31 Å². The Balaban J connectivity index is 1.96. The van der Waals surface area contributed by atoms with E-state index in [4.69, 9.17) is 15.2 Å². The second kappa shape index (κ2) is 7.58. The fourth-order valence-electron chi connectivity index (χ4n) is 2.84. The fourth-order valence-corrected chi connectivity index (χ4v) is 4.68. The van der Waals surface area contributed by atoms with Gasteiger partial charge in [-0.25, -0.2) is 8.42 Å². The van der Waals surface area contributed by atoms with Gasteiger partial charge in [-0.15, -0.1) is 0 Å². The van der Waals surface area contributed by atoms with Crippen molar-refractivity contribution < 1.29 is 22.7 Å². The van der Waals surface area contributed by atoms with E-state index in [0.717, 1.165) is 18.4 Å². The molecule has 0 radical (unpaired) electrons. The summed E-state index contributed by atoms with van der Waals surface area (Å²) >= 11 is 0. The van der Waals surface area contributed by atoms with E-state index in [9.17, 15) is 13.2 Å². The highest BCUT2D eigenvalue weighted by atomic mass is 32.2. The molecule has 1 fully saturated rings. The monoisotopic (exact) mass is 390 g/mol. The third-order valence-corrected chi connectivity index (χ3v) is 6.41. The van der Waals surface area contributed by atoms with Crippen LogP contribution in [0.3, 0.4) is 0 Å². The van der Waals surface area contributed by atoms with Gasteiger partial charge in [-0.1, -0.05) is 12.1 Å². The Kier molecular flexibility index (Phi) is 5.38. The number of nitrogens with two attached hydrogens (primary N) is 1. The number of amides is 1. The highest BCUT2D eigenvalue weighted by Crippen LogP contribution is 2.37. The van der Waals surface area contributed by atoms with Crippen LogP contribution in [-0.2, 0) is 16.6 Å². The average molecular weight is 390 g/mol. The van der Waals surface area contributed by atoms with Crippen molar-refractivity contribution in [3.63, 3.8) is 0 Å². The minimum atomic E-state index is -3.80. The molecular weight excluding hydrogens is 368 g/mol. The van der Waals surface area contributed by atoms with E-state index in [-0.39, 0.29) is 23.2 Å². The molecular formula is C19H22N2O5S. The molecule has 2 aromatic carbocycles. The molecule has 0 atom stereocenters. The van der Waals surface area contributed by atoms with Crippen LogP contribution in [0.25, 0.3) is 0 Å². The van der Waals surface area contributed by atoms with Crippen molar-refractivity contribution in [1.29, 1.82) is 0 Å². The third-order valence-electron chi connectivity index (χ3n) is 4.49. The number of primary amides is 1. The van der Waals surface area contributed by atoms with Crippen LogP contribution in [0.15, 0.2) is 47.4 Å². The maximum atomic E-state index is 13.4. The zero-order valence-electron chi connectivity index (χ0n) is 15.2. The lowest BCUT2D eigenvalue weighted by Gasteiger charge is -2.23. The number of sulfonamides is 1. The van der Waals surface area contributed by atoms with Crippen LogP contribution in [0.5, 0.6) is 11.5 Å². The normalized spacial score (nSPS) is 14.2. The molecule has 1 aliphatic rings. The maximum absolute atomic E-state index is 13.4. The standard InChI is InChI=1S/C19H22N2O5S/c1-25-16-9-10-17(26-2)18(11-16)27(23,24)21(15-7-8-15)12-13-3-5-14(6-4-13)19(20)22/h3-6,9-11,15H,7-8,12H2,1-2H3,(H2,20,22). The molecule has 0 unspecified atom stereocenters. The molecule has 7 nitrogen and oxygen atoms in total. The van der Waals surface area contributed by atoms with Gasteiger partial charge in [0.1, 0.15) is 16.4 Å². The predicted octanol–water partition coefficient (Wildman–Crippen LogP) is 2.16. The number of carbonyl (C=O) groups is 1. The minimum Gasteiger partial charge on any atom is -0.497 e. The maximum Gasteiger partial charge on any atom is 0.248 e. The van der Waals surface area contributed by atoms with E-state index in [1.807, 2.05) is 0 Å². The first-order valence-electron chi connectivity index (χ1n) is 8.49. The lowest BCUT2D eigenvalue weighted by atomic mass is 10.1. The smallest absolute Gasteiger partial charge is 0.248 e. The van der Waals surface area contributed by atoms with Crippen molar-refractivity contribution in [3.8, 4) is 11.5 Å². The first kappa shape index (κ1) is 19.2. The van der Waals surface area contributed by atoms with Gasteiger partial charge in [0.05, 0.1) is 14.2 Å². The molecule has 0 bridgehead atoms. The van der Waals surface area contributed by atoms with Crippen LogP contribution in [0.2, 0.25) is 0 Å². The Hall–Kier alpha value is -2.58. The summed E-state index contributed by atoms with van der Waals surface area (Å²) in [6, 6.07) is 11.3. The number of ether oxygens (including phenoxy) is 2. The molecule has 2 aromatic rings. The summed E-state index contributed by atoms with van der Waals surface area (Å²) in [7, 11) is -0.882. The molecule has 144 valence electrons. The molecule has 0 aromatic heterocycles. The van der Waals surface area contributed by atoms with E-state index in [2.05, 4.69) is 0 Å². The number of nitrogens with zero attached hydrogens (tertiary/aromatic N) is 1. The number of rotatable bonds is 8. The highest BCUT2D eigenvalue weighted by molar-refractivity contribution is 7.89. The summed E-state index contributed by atoms with van der Waals surface area (Å²) in [4.78, 5) is 11.3. The summed E-state index contributed by atoms with van der Waals surface area (Å²) in [6.45, 7) is 0.201. The van der Waals surface area contributed by atoms with E-state index < -0.39 is 15.9 Å². The fraction of sp³-hybridized carbons (Fsp3) is 0.316. The summed E-state index contributed by atoms with van der Waals surface area (Å²) < 4.78 is 38.6. The number of hydrogen-bond donors (Lipinski definition) is 1. The Bertz CT molecular complexity index is 937. The van der Waals surface area contributed by atoms with E-state index in [1.165, 1.54) is 24.6 Å². The Morgan fingerprint density at radius 2 is 1.78 bits per heavy atom. The van der Waals surface area contributed by atoms with Crippen molar-refractivity contribution in [2.75, 3.05) is 14.2 Å². The third kappa shape index (κ3) is 4.06. The van der Waals surface area contributed by atoms with E-state index in [1.54, 1.807) is 36.4 Å². The van der Waals surface area contributed by atoms with Crippen LogP contribution in [0.1, 0.15) is 28.8 Å². The predicted molar refractivity (Wildman–Crippen MR) is 100 cm³/mol. The van der Waals surface area contributed by atoms with Crippen molar-refractivity contribution in [3.05, 3.63) is 53.6 Å². The summed E-state index contributed by atoms with van der Waals surface area (Å²) in [5.41, 5.74) is 6.42. The Morgan fingerprint density at radius 1 is 1.11 bits per heavy atom. The molecule has 2 N–H and O–H groups in total. The molecule has 1 saturated carbocycles. The summed E-state index contributed by atoms with van der Waals surface area (Å²) in [6.07, 6.45) is 1.62. The molecule has 1 amide bonds. The van der Waals surface area contributed by atoms with Gasteiger partial charge >= 0.3 is 0 Å². The molecule has 27 heavy (non-hydrogen) atoms. The highest BCUT2D eigenvalue weighted by Gasteiger charge is 2.39. The SMILES string of the molecule is COc1ccc(OC)c(S(=O)(=O)N(Cc2ccc(C(N)=O)cc2)C2CC2)c1. The van der Waals surface area contributed by atoms with Gasteiger partial charge in [-0.05, 0) is 42.7 Å². The number of carbonyl (C=O) groups excluding carboxylic acids is 1. The number of methoxy groups -OCH3 is 2. The number of benzene rings is 2. The van der Waals surface area contributed by atoms with Crippen molar-refractivity contribution in [2.24, 2.45) is 5.73 Å². The molecule has 0 saturated heterocycles. The Labute approximate surface area is 158 Å². The average Bonchev–Trinajstić information content (AvgIpc) is 3.50. The van der Waals surface area contributed by atoms with E-state index in [0.29, 0.717) is 11.3 Å². The quantitative estimate of drug-likeness (QED) is 0.745. The zero-order valence-corrected chi connectivity index (χ0v) is 16.0. The molecule has 0 heterocycles. The summed E-state index contributed by atoms with van der Waals surface area (Å²) in [5, 5.41) is 0. The summed E-state index contributed by atoms with van der Waals surface area (Å²) in [5.74, 6) is 0.191. The lowest BCUT2D eigenvalue weighted by molar-refractivity contribution is 0.1000. The van der Waals surface area contributed by atoms with E-state index >= 15 is 0 Å². The van der Waals surface area contributed by atoms with Crippen LogP contribution >= 0.6 is 0 Å². The van der Waals surface area contributed by atoms with Crippen LogP contribution in [0, 0.1) is 0 Å². The number of hydrogen-bond acceptors (Lipinski definition) is 5. The molecule has 1 aliphatic carbocycles. The molecule has 0 aliphatic heterocycles. The van der Waals surface area contributed by atoms with Crippen molar-refractivity contribution in [2.45, 2.75) is 30.3 Å². The molecule has 0 spiro atoms. The van der Waals surface area contributed by atoms with Gasteiger partial charge in [0.15, 0.2) is 0 Å². The molecule has 8 heteroatoms. The van der Waals surface area contributed by atoms with Gasteiger partial charge in [0, 0.05) is 24.2 Å². The van der Waals surface area contributed by atoms with Gasteiger partial charge in [-0.3, -0.25) is 4.79 Å². The van der Waals surface area contributed by atoms with Gasteiger partial charge in [0.25, 0.3) is 0 Å². The minimum absolute atomic E-state index is 0.0540. The lowest BCUT2D eigenvalue weighted by Crippen LogP contribution is -2.33. The second-order valence-electron chi connectivity index (χ2n) is 6.36. The first-order valence-corrected chi connectivity index (χ1v) is 9.93. The zero-order chi connectivity index (χ0) is 19.6. The topological polar surface area (TPSA) is 98.9 Å². The van der Waals surface area contributed by atoms with Crippen LogP contribution in [0.4, 0.5) is 0 Å². The Morgan fingerprint density at radius 3 is 2.30 bits per heavy atom. The van der Waals surface area contributed by atoms with Crippen LogP contribution in [-0.4, -0.2) is 38.9 Å². The van der Waals surface area contributed by atoms with Gasteiger partial charge in [0.2, 0.25) is 15.9 Å². The van der Waals surface area contributed by atoms with Crippen molar-refractivity contribution in [1.82, 2.24) is 4.31 Å².